The Morgan fingerprint density at radius 2 is 1.62 bits per heavy atom. The Hall–Kier alpha value is -0.930. The zero-order chi connectivity index (χ0) is 14.8. The number of guanidine groups is 1. The van der Waals surface area contributed by atoms with Crippen molar-refractivity contribution in [3.63, 3.8) is 0 Å². The van der Waals surface area contributed by atoms with Crippen LogP contribution in [0.25, 0.3) is 0 Å². The van der Waals surface area contributed by atoms with E-state index in [-0.39, 0.29) is 6.04 Å². The number of rotatable bonds is 2. The molecule has 5 heteroatoms. The molecule has 0 aromatic heterocycles. The fourth-order valence-electron chi connectivity index (χ4n) is 3.52. The van der Waals surface area contributed by atoms with E-state index in [9.17, 15) is 0 Å². The molecule has 1 saturated carbocycles. The Balaban J connectivity index is 1.87. The molecule has 1 unspecified atom stereocenters. The van der Waals surface area contributed by atoms with Gasteiger partial charge in [0.1, 0.15) is 0 Å². The van der Waals surface area contributed by atoms with Crippen LogP contribution in [0.1, 0.15) is 50.1 Å². The first-order valence-corrected chi connectivity index (χ1v) is 8.45. The molecule has 1 aromatic rings. The van der Waals surface area contributed by atoms with Gasteiger partial charge in [0, 0.05) is 16.1 Å². The molecule has 2 aliphatic rings. The van der Waals surface area contributed by atoms with E-state index in [1.165, 1.54) is 38.5 Å². The largest absolute Gasteiger partial charge is 0.370 e. The molecule has 0 bridgehead atoms. The molecule has 3 nitrogen and oxygen atoms in total. The van der Waals surface area contributed by atoms with Gasteiger partial charge >= 0.3 is 0 Å². The highest BCUT2D eigenvalue weighted by Gasteiger charge is 2.33. The molecule has 0 saturated heterocycles. The molecule has 1 fully saturated rings. The van der Waals surface area contributed by atoms with Gasteiger partial charge in [0.2, 0.25) is 0 Å². The monoisotopic (exact) mass is 325 g/mol. The van der Waals surface area contributed by atoms with Crippen molar-refractivity contribution in [3.05, 3.63) is 33.8 Å². The van der Waals surface area contributed by atoms with E-state index in [0.717, 1.165) is 5.56 Å². The van der Waals surface area contributed by atoms with Gasteiger partial charge in [0.15, 0.2) is 5.96 Å². The van der Waals surface area contributed by atoms with Gasteiger partial charge in [0.05, 0.1) is 12.6 Å². The first kappa shape index (κ1) is 15.0. The summed E-state index contributed by atoms with van der Waals surface area (Å²) in [6, 6.07) is 6.39. The van der Waals surface area contributed by atoms with E-state index < -0.39 is 0 Å². The molecule has 0 spiro atoms. The summed E-state index contributed by atoms with van der Waals surface area (Å²) in [7, 11) is 0. The van der Waals surface area contributed by atoms with Gasteiger partial charge in [-0.2, -0.15) is 0 Å². The molecule has 114 valence electrons. The SMILES string of the molecule is NC1=NCC(c2cc(Cl)cc(Cl)c2)N1C1CCCCCC1. The summed E-state index contributed by atoms with van der Waals surface area (Å²) in [4.78, 5) is 6.77. The van der Waals surface area contributed by atoms with Crippen LogP contribution in [0, 0.1) is 0 Å². The Bertz CT molecular complexity index is 516. The van der Waals surface area contributed by atoms with Crippen LogP contribution < -0.4 is 5.73 Å². The minimum absolute atomic E-state index is 0.171. The highest BCUT2D eigenvalue weighted by Crippen LogP contribution is 2.34. The summed E-state index contributed by atoms with van der Waals surface area (Å²) in [6.45, 7) is 0.693. The van der Waals surface area contributed by atoms with Gasteiger partial charge < -0.3 is 10.6 Å². The zero-order valence-electron chi connectivity index (χ0n) is 12.1. The molecule has 3 rings (SSSR count). The quantitative estimate of drug-likeness (QED) is 0.819. The topological polar surface area (TPSA) is 41.6 Å². The average molecular weight is 326 g/mol. The molecule has 1 heterocycles. The second kappa shape index (κ2) is 6.45. The predicted molar refractivity (Wildman–Crippen MR) is 89.0 cm³/mol. The lowest BCUT2D eigenvalue weighted by Crippen LogP contribution is -2.43. The van der Waals surface area contributed by atoms with Crippen LogP contribution in [0.5, 0.6) is 0 Å². The molecule has 1 aliphatic carbocycles. The van der Waals surface area contributed by atoms with Gasteiger partial charge in [-0.15, -0.1) is 0 Å². The van der Waals surface area contributed by atoms with E-state index in [1.54, 1.807) is 6.07 Å². The lowest BCUT2D eigenvalue weighted by molar-refractivity contribution is 0.237. The van der Waals surface area contributed by atoms with Crippen molar-refractivity contribution in [1.29, 1.82) is 0 Å². The molecule has 1 atom stereocenters. The molecular weight excluding hydrogens is 305 g/mol. The molecule has 0 radical (unpaired) electrons. The third-order valence-corrected chi connectivity index (χ3v) is 4.95. The zero-order valence-corrected chi connectivity index (χ0v) is 13.6. The summed E-state index contributed by atoms with van der Waals surface area (Å²) in [5, 5.41) is 1.34. The van der Waals surface area contributed by atoms with Gasteiger partial charge in [-0.25, -0.2) is 0 Å². The van der Waals surface area contributed by atoms with Crippen molar-refractivity contribution in [1.82, 2.24) is 4.90 Å². The van der Waals surface area contributed by atoms with E-state index in [4.69, 9.17) is 28.9 Å². The first-order chi connectivity index (χ1) is 10.1. The first-order valence-electron chi connectivity index (χ1n) is 7.69. The average Bonchev–Trinajstić information content (AvgIpc) is 2.65. The van der Waals surface area contributed by atoms with E-state index >= 15 is 0 Å². The van der Waals surface area contributed by atoms with E-state index in [0.29, 0.717) is 28.6 Å². The Labute approximate surface area is 136 Å². The maximum Gasteiger partial charge on any atom is 0.192 e. The maximum absolute atomic E-state index is 6.17. The van der Waals surface area contributed by atoms with Crippen LogP contribution in [-0.2, 0) is 0 Å². The number of halogens is 2. The van der Waals surface area contributed by atoms with Crippen molar-refractivity contribution in [2.45, 2.75) is 50.6 Å². The Morgan fingerprint density at radius 1 is 1.00 bits per heavy atom. The standard InChI is InChI=1S/C16H21Cl2N3/c17-12-7-11(8-13(18)9-12)15-10-20-16(19)21(15)14-5-3-1-2-4-6-14/h7-9,14-15H,1-6,10H2,(H2,19,20). The van der Waals surface area contributed by atoms with Gasteiger partial charge in [-0.05, 0) is 36.6 Å². The number of nitrogens with two attached hydrogens (primary N) is 1. The number of hydrogen-bond donors (Lipinski definition) is 1. The normalized spacial score (nSPS) is 24.0. The van der Waals surface area contributed by atoms with Crippen molar-refractivity contribution < 1.29 is 0 Å². The van der Waals surface area contributed by atoms with Gasteiger partial charge in [0.25, 0.3) is 0 Å². The smallest absolute Gasteiger partial charge is 0.192 e. The van der Waals surface area contributed by atoms with Crippen molar-refractivity contribution in [2.24, 2.45) is 10.7 Å². The molecule has 2 N–H and O–H groups in total. The fourth-order valence-corrected chi connectivity index (χ4v) is 4.06. The van der Waals surface area contributed by atoms with Crippen LogP contribution in [0.2, 0.25) is 10.0 Å². The third kappa shape index (κ3) is 3.29. The summed E-state index contributed by atoms with van der Waals surface area (Å²) < 4.78 is 0. The maximum atomic E-state index is 6.17. The van der Waals surface area contributed by atoms with E-state index in [1.807, 2.05) is 12.1 Å². The number of hydrogen-bond acceptors (Lipinski definition) is 3. The minimum atomic E-state index is 0.171. The van der Waals surface area contributed by atoms with Crippen molar-refractivity contribution in [3.8, 4) is 0 Å². The fraction of sp³-hybridized carbons (Fsp3) is 0.562. The summed E-state index contributed by atoms with van der Waals surface area (Å²) >= 11 is 12.3. The second-order valence-corrected chi connectivity index (χ2v) is 6.84. The second-order valence-electron chi connectivity index (χ2n) is 5.97. The summed E-state index contributed by atoms with van der Waals surface area (Å²) in [5.74, 6) is 0.669. The third-order valence-electron chi connectivity index (χ3n) is 4.51. The lowest BCUT2D eigenvalue weighted by atomic mass is 10.0. The number of nitrogens with zero attached hydrogens (tertiary/aromatic N) is 2. The molecular formula is C16H21Cl2N3. The van der Waals surface area contributed by atoms with Crippen LogP contribution in [0.4, 0.5) is 0 Å². The number of aliphatic imine (C=N–C) groups is 1. The predicted octanol–water partition coefficient (Wildman–Crippen LogP) is 4.39. The Morgan fingerprint density at radius 3 is 2.24 bits per heavy atom. The lowest BCUT2D eigenvalue weighted by Gasteiger charge is -2.34. The van der Waals surface area contributed by atoms with Crippen LogP contribution >= 0.6 is 23.2 Å². The van der Waals surface area contributed by atoms with Crippen molar-refractivity contribution >= 4 is 29.2 Å². The van der Waals surface area contributed by atoms with Crippen LogP contribution in [-0.4, -0.2) is 23.4 Å². The van der Waals surface area contributed by atoms with Crippen molar-refractivity contribution in [2.75, 3.05) is 6.54 Å². The van der Waals surface area contributed by atoms with Gasteiger partial charge in [-0.1, -0.05) is 48.9 Å². The summed E-state index contributed by atoms with van der Waals surface area (Å²) in [6.07, 6.45) is 7.60. The van der Waals surface area contributed by atoms with Gasteiger partial charge in [-0.3, -0.25) is 4.99 Å². The Kier molecular flexibility index (Phi) is 4.60. The highest BCUT2D eigenvalue weighted by molar-refractivity contribution is 6.34. The number of benzene rings is 1. The summed E-state index contributed by atoms with van der Waals surface area (Å²) in [5.41, 5.74) is 7.29. The van der Waals surface area contributed by atoms with Crippen LogP contribution in [0.3, 0.4) is 0 Å². The molecule has 1 aliphatic heterocycles. The highest BCUT2D eigenvalue weighted by atomic mass is 35.5. The molecule has 21 heavy (non-hydrogen) atoms. The van der Waals surface area contributed by atoms with E-state index in [2.05, 4.69) is 9.89 Å². The van der Waals surface area contributed by atoms with Crippen LogP contribution in [0.15, 0.2) is 23.2 Å². The molecule has 1 aromatic carbocycles. The minimum Gasteiger partial charge on any atom is -0.370 e. The molecule has 0 amide bonds.